The molecule has 18 heavy (non-hydrogen) atoms. The summed E-state index contributed by atoms with van der Waals surface area (Å²) in [5.74, 6) is -12.4. The van der Waals surface area contributed by atoms with E-state index >= 15 is 0 Å². The Morgan fingerprint density at radius 1 is 0.667 bits per heavy atom. The third-order valence-corrected chi connectivity index (χ3v) is 2.34. The fraction of sp³-hybridized carbons (Fsp3) is 0. The molecule has 1 N–H and O–H groups in total. The van der Waals surface area contributed by atoms with Crippen LogP contribution in [-0.4, -0.2) is 0 Å². The molecule has 2 aromatic rings. The molecule has 0 saturated carbocycles. The Morgan fingerprint density at radius 3 is 1.72 bits per heavy atom. The molecular formula is C10H2F7N. The average molecular weight is 269 g/mol. The summed E-state index contributed by atoms with van der Waals surface area (Å²) in [6.45, 7) is 0. The van der Waals surface area contributed by atoms with E-state index in [-0.39, 0.29) is 6.07 Å². The van der Waals surface area contributed by atoms with Gasteiger partial charge in [0.05, 0.1) is 5.39 Å². The molecule has 2 aromatic carbocycles. The summed E-state index contributed by atoms with van der Waals surface area (Å²) in [6, 6.07) is 0.286. The molecule has 0 amide bonds. The van der Waals surface area contributed by atoms with Crippen LogP contribution in [0.25, 0.3) is 10.8 Å². The Kier molecular flexibility index (Phi) is 2.80. The summed E-state index contributed by atoms with van der Waals surface area (Å²) in [5, 5.41) is -2.55. The van der Waals surface area contributed by atoms with E-state index < -0.39 is 51.4 Å². The van der Waals surface area contributed by atoms with E-state index in [0.29, 0.717) is 5.54 Å². The Morgan fingerprint density at radius 2 is 1.17 bits per heavy atom. The summed E-state index contributed by atoms with van der Waals surface area (Å²) in [4.78, 5) is 0. The number of fused-ring (bicyclic) bond motifs is 1. The van der Waals surface area contributed by atoms with Crippen LogP contribution in [0.4, 0.5) is 36.5 Å². The van der Waals surface area contributed by atoms with E-state index in [1.54, 1.807) is 0 Å². The van der Waals surface area contributed by atoms with Crippen molar-refractivity contribution >= 4 is 16.5 Å². The summed E-state index contributed by atoms with van der Waals surface area (Å²) >= 11 is 0. The summed E-state index contributed by atoms with van der Waals surface area (Å²) in [6.07, 6.45) is 0. The molecule has 0 bridgehead atoms. The quantitative estimate of drug-likeness (QED) is 0.357. The van der Waals surface area contributed by atoms with Gasteiger partial charge in [0.15, 0.2) is 34.9 Å². The summed E-state index contributed by atoms with van der Waals surface area (Å²) in [5.41, 5.74) is -0.474. The highest BCUT2D eigenvalue weighted by Crippen LogP contribution is 2.33. The predicted molar refractivity (Wildman–Crippen MR) is 48.4 cm³/mol. The van der Waals surface area contributed by atoms with Crippen LogP contribution in [0.15, 0.2) is 6.07 Å². The first-order valence-electron chi connectivity index (χ1n) is 4.40. The summed E-state index contributed by atoms with van der Waals surface area (Å²) in [7, 11) is 0. The molecule has 0 atom stereocenters. The van der Waals surface area contributed by atoms with Gasteiger partial charge in [-0.3, -0.25) is 0 Å². The van der Waals surface area contributed by atoms with Crippen LogP contribution in [0.2, 0.25) is 0 Å². The molecule has 96 valence electrons. The molecule has 0 unspecified atom stereocenters. The molecule has 0 spiro atoms. The zero-order chi connectivity index (χ0) is 13.6. The molecule has 0 saturated heterocycles. The Bertz CT molecular complexity index is 653. The lowest BCUT2D eigenvalue weighted by atomic mass is 10.1. The van der Waals surface area contributed by atoms with Crippen LogP contribution in [0.3, 0.4) is 0 Å². The van der Waals surface area contributed by atoms with Gasteiger partial charge in [0.25, 0.3) is 0 Å². The van der Waals surface area contributed by atoms with Gasteiger partial charge in [-0.05, 0) is 6.07 Å². The third kappa shape index (κ3) is 1.48. The van der Waals surface area contributed by atoms with Crippen LogP contribution < -0.4 is 5.54 Å². The van der Waals surface area contributed by atoms with Crippen LogP contribution in [-0.2, 0) is 0 Å². The second-order valence-corrected chi connectivity index (χ2v) is 3.33. The minimum Gasteiger partial charge on any atom is -0.221 e. The van der Waals surface area contributed by atoms with Crippen molar-refractivity contribution in [1.29, 1.82) is 0 Å². The molecule has 1 nitrogen and oxygen atoms in total. The first-order valence-corrected chi connectivity index (χ1v) is 4.40. The van der Waals surface area contributed by atoms with Gasteiger partial charge in [-0.2, -0.15) is 0 Å². The number of benzene rings is 2. The minimum absolute atomic E-state index is 0.286. The fourth-order valence-electron chi connectivity index (χ4n) is 1.50. The lowest BCUT2D eigenvalue weighted by Gasteiger charge is -2.08. The highest BCUT2D eigenvalue weighted by molar-refractivity contribution is 5.88. The maximum Gasteiger partial charge on any atom is 0.198 e. The van der Waals surface area contributed by atoms with Crippen molar-refractivity contribution < 1.29 is 30.8 Å². The molecule has 8 heteroatoms. The second-order valence-electron chi connectivity index (χ2n) is 3.33. The van der Waals surface area contributed by atoms with Crippen LogP contribution in [0, 0.1) is 34.9 Å². The van der Waals surface area contributed by atoms with E-state index in [1.807, 2.05) is 0 Å². The number of anilines is 1. The van der Waals surface area contributed by atoms with Crippen LogP contribution >= 0.6 is 0 Å². The Labute approximate surface area is 94.8 Å². The van der Waals surface area contributed by atoms with Gasteiger partial charge >= 0.3 is 0 Å². The molecule has 2 rings (SSSR count). The van der Waals surface area contributed by atoms with Gasteiger partial charge in [-0.25, -0.2) is 31.9 Å². The number of hydrogen-bond donors (Lipinski definition) is 1. The summed E-state index contributed by atoms with van der Waals surface area (Å²) < 4.78 is 90.7. The van der Waals surface area contributed by atoms with Gasteiger partial charge < -0.3 is 0 Å². The molecule has 0 radical (unpaired) electrons. The zero-order valence-corrected chi connectivity index (χ0v) is 8.22. The van der Waals surface area contributed by atoms with E-state index in [2.05, 4.69) is 0 Å². The predicted octanol–water partition coefficient (Wildman–Crippen LogP) is 3.97. The fourth-order valence-corrected chi connectivity index (χ4v) is 1.50. The molecular weight excluding hydrogens is 267 g/mol. The van der Waals surface area contributed by atoms with Gasteiger partial charge in [-0.1, -0.05) is 0 Å². The van der Waals surface area contributed by atoms with Gasteiger partial charge in [0, 0.05) is 5.39 Å². The number of rotatable bonds is 1. The van der Waals surface area contributed by atoms with Crippen molar-refractivity contribution in [2.45, 2.75) is 0 Å². The number of nitrogens with one attached hydrogen (secondary N) is 1. The van der Waals surface area contributed by atoms with E-state index in [9.17, 15) is 30.8 Å². The van der Waals surface area contributed by atoms with Crippen molar-refractivity contribution in [2.75, 3.05) is 5.54 Å². The largest absolute Gasteiger partial charge is 0.221 e. The van der Waals surface area contributed by atoms with Gasteiger partial charge in [0.2, 0.25) is 0 Å². The van der Waals surface area contributed by atoms with Gasteiger partial charge in [-0.15, -0.1) is 4.48 Å². The molecule has 0 aromatic heterocycles. The maximum atomic E-state index is 13.3. The molecule has 0 aliphatic carbocycles. The minimum atomic E-state index is -2.28. The Hall–Kier alpha value is -1.99. The standard InChI is InChI=1S/C10H2F7N/c11-5-2-1-3(18-17)6(12)7(13)4(2)8(14)10(16)9(5)15/h1,18H. The maximum absolute atomic E-state index is 13.3. The normalized spacial score (nSPS) is 11.1. The molecule has 0 aliphatic rings. The highest BCUT2D eigenvalue weighted by atomic mass is 19.2. The SMILES string of the molecule is FNc1cc2c(F)c(F)c(F)c(F)c2c(F)c1F. The number of hydrogen-bond acceptors (Lipinski definition) is 1. The first kappa shape index (κ1) is 12.5. The van der Waals surface area contributed by atoms with Gasteiger partial charge in [0.1, 0.15) is 5.69 Å². The molecule has 0 aliphatic heterocycles. The lowest BCUT2D eigenvalue weighted by molar-refractivity contribution is 0.414. The van der Waals surface area contributed by atoms with Crippen LogP contribution in [0.5, 0.6) is 0 Å². The van der Waals surface area contributed by atoms with Crippen molar-refractivity contribution in [2.24, 2.45) is 0 Å². The monoisotopic (exact) mass is 269 g/mol. The van der Waals surface area contributed by atoms with E-state index in [0.717, 1.165) is 0 Å². The topological polar surface area (TPSA) is 12.0 Å². The molecule has 0 heterocycles. The Balaban J connectivity index is 3.07. The average Bonchev–Trinajstić information content (AvgIpc) is 2.36. The number of halogens is 7. The molecule has 0 fully saturated rings. The van der Waals surface area contributed by atoms with Crippen molar-refractivity contribution in [3.8, 4) is 0 Å². The van der Waals surface area contributed by atoms with Crippen molar-refractivity contribution in [3.63, 3.8) is 0 Å². The van der Waals surface area contributed by atoms with Crippen LogP contribution in [0.1, 0.15) is 0 Å². The first-order chi connectivity index (χ1) is 8.40. The van der Waals surface area contributed by atoms with E-state index in [4.69, 9.17) is 0 Å². The van der Waals surface area contributed by atoms with E-state index in [1.165, 1.54) is 0 Å². The zero-order valence-electron chi connectivity index (χ0n) is 8.22. The smallest absolute Gasteiger partial charge is 0.198 e. The van der Waals surface area contributed by atoms with Crippen molar-refractivity contribution in [3.05, 3.63) is 41.0 Å². The lowest BCUT2D eigenvalue weighted by Crippen LogP contribution is -2.03. The third-order valence-electron chi connectivity index (χ3n) is 2.34. The van der Waals surface area contributed by atoms with Crippen molar-refractivity contribution in [1.82, 2.24) is 0 Å². The highest BCUT2D eigenvalue weighted by Gasteiger charge is 2.26. The second kappa shape index (κ2) is 4.04.